The van der Waals surface area contributed by atoms with E-state index in [-0.39, 0.29) is 24.2 Å². The van der Waals surface area contributed by atoms with Crippen LogP contribution in [-0.2, 0) is 9.59 Å². The Kier molecular flexibility index (Phi) is 5.03. The number of methoxy groups -OCH3 is 1. The molecule has 25 heavy (non-hydrogen) atoms. The predicted octanol–water partition coefficient (Wildman–Crippen LogP) is 3.10. The molecule has 0 aliphatic carbocycles. The van der Waals surface area contributed by atoms with Crippen molar-refractivity contribution >= 4 is 23.2 Å². The number of carbonyl (C=O) groups excluding carboxylic acids is 2. The fraction of sp³-hybridized carbons (Fsp3) is 0.300. The zero-order valence-corrected chi connectivity index (χ0v) is 14.5. The summed E-state index contributed by atoms with van der Waals surface area (Å²) in [6.45, 7) is 2.92. The van der Waals surface area contributed by atoms with E-state index in [1.807, 2.05) is 61.5 Å². The van der Waals surface area contributed by atoms with Gasteiger partial charge in [-0.25, -0.2) is 0 Å². The molecular weight excluding hydrogens is 316 g/mol. The molecule has 2 aromatic rings. The van der Waals surface area contributed by atoms with Crippen LogP contribution in [0.3, 0.4) is 0 Å². The second kappa shape index (κ2) is 7.38. The van der Waals surface area contributed by atoms with Crippen LogP contribution >= 0.6 is 0 Å². The molecule has 1 saturated heterocycles. The normalized spacial score (nSPS) is 16.8. The number of benzene rings is 2. The highest BCUT2D eigenvalue weighted by molar-refractivity contribution is 6.04. The molecule has 0 radical (unpaired) electrons. The molecule has 3 rings (SSSR count). The first-order valence-corrected chi connectivity index (χ1v) is 8.45. The summed E-state index contributed by atoms with van der Waals surface area (Å²) >= 11 is 0. The highest BCUT2D eigenvalue weighted by Gasteiger charge is 2.37. The Hall–Kier alpha value is -2.82. The molecule has 1 heterocycles. The Balaban J connectivity index is 1.78. The molecule has 1 fully saturated rings. The van der Waals surface area contributed by atoms with E-state index in [9.17, 15) is 9.59 Å². The van der Waals surface area contributed by atoms with E-state index in [2.05, 4.69) is 0 Å². The molecule has 1 aliphatic heterocycles. The van der Waals surface area contributed by atoms with Crippen LogP contribution < -0.4 is 14.5 Å². The van der Waals surface area contributed by atoms with E-state index >= 15 is 0 Å². The van der Waals surface area contributed by atoms with Gasteiger partial charge < -0.3 is 14.5 Å². The van der Waals surface area contributed by atoms with E-state index in [1.165, 1.54) is 0 Å². The van der Waals surface area contributed by atoms with Gasteiger partial charge in [0, 0.05) is 37.0 Å². The van der Waals surface area contributed by atoms with Gasteiger partial charge in [-0.05, 0) is 31.2 Å². The Morgan fingerprint density at radius 2 is 1.96 bits per heavy atom. The van der Waals surface area contributed by atoms with Crippen molar-refractivity contribution in [1.82, 2.24) is 0 Å². The topological polar surface area (TPSA) is 49.9 Å². The summed E-state index contributed by atoms with van der Waals surface area (Å²) in [7, 11) is 1.59. The van der Waals surface area contributed by atoms with Gasteiger partial charge in [-0.1, -0.05) is 24.3 Å². The number of rotatable bonds is 5. The van der Waals surface area contributed by atoms with Crippen LogP contribution in [0, 0.1) is 5.92 Å². The van der Waals surface area contributed by atoms with Crippen LogP contribution in [0.4, 0.5) is 11.4 Å². The standard InChI is InChI=1S/C20H22N2O3/c1-3-21(16-8-5-4-6-9-16)20(24)15-12-19(23)22(14-15)17-10-7-11-18(13-17)25-2/h4-11,13,15H,3,12,14H2,1-2H3. The smallest absolute Gasteiger partial charge is 0.232 e. The number of carbonyl (C=O) groups is 2. The average Bonchev–Trinajstić information content (AvgIpc) is 3.05. The SMILES string of the molecule is CCN(C(=O)C1CC(=O)N(c2cccc(OC)c2)C1)c1ccccc1. The molecule has 0 saturated carbocycles. The molecule has 130 valence electrons. The van der Waals surface area contributed by atoms with Crippen LogP contribution in [-0.4, -0.2) is 32.0 Å². The molecule has 0 N–H and O–H groups in total. The van der Waals surface area contributed by atoms with Crippen molar-refractivity contribution in [3.63, 3.8) is 0 Å². The number of anilines is 2. The van der Waals surface area contributed by atoms with Crippen LogP contribution in [0.15, 0.2) is 54.6 Å². The summed E-state index contributed by atoms with van der Waals surface area (Å²) in [6.07, 6.45) is 0.235. The summed E-state index contributed by atoms with van der Waals surface area (Å²) in [5, 5.41) is 0. The van der Waals surface area contributed by atoms with Gasteiger partial charge in [0.25, 0.3) is 0 Å². The Morgan fingerprint density at radius 1 is 1.20 bits per heavy atom. The average molecular weight is 338 g/mol. The van der Waals surface area contributed by atoms with Crippen molar-refractivity contribution in [2.75, 3.05) is 30.0 Å². The van der Waals surface area contributed by atoms with E-state index in [1.54, 1.807) is 16.9 Å². The molecule has 5 nitrogen and oxygen atoms in total. The van der Waals surface area contributed by atoms with Crippen molar-refractivity contribution in [2.45, 2.75) is 13.3 Å². The van der Waals surface area contributed by atoms with Crippen molar-refractivity contribution in [3.8, 4) is 5.75 Å². The third-order valence-corrected chi connectivity index (χ3v) is 4.49. The number of hydrogen-bond acceptors (Lipinski definition) is 3. The van der Waals surface area contributed by atoms with E-state index in [0.29, 0.717) is 18.8 Å². The molecule has 1 aliphatic rings. The van der Waals surface area contributed by atoms with E-state index in [4.69, 9.17) is 4.74 Å². The molecule has 5 heteroatoms. The summed E-state index contributed by atoms with van der Waals surface area (Å²) in [5.41, 5.74) is 1.63. The van der Waals surface area contributed by atoms with Crippen LogP contribution in [0.1, 0.15) is 13.3 Å². The summed E-state index contributed by atoms with van der Waals surface area (Å²) < 4.78 is 5.22. The van der Waals surface area contributed by atoms with Crippen LogP contribution in [0.25, 0.3) is 0 Å². The number of ether oxygens (including phenoxy) is 1. The van der Waals surface area contributed by atoms with Crippen LogP contribution in [0.2, 0.25) is 0 Å². The number of para-hydroxylation sites is 1. The van der Waals surface area contributed by atoms with Gasteiger partial charge in [0.2, 0.25) is 11.8 Å². The van der Waals surface area contributed by atoms with Gasteiger partial charge in [0.05, 0.1) is 13.0 Å². The van der Waals surface area contributed by atoms with Gasteiger partial charge in [0.1, 0.15) is 5.75 Å². The highest BCUT2D eigenvalue weighted by atomic mass is 16.5. The lowest BCUT2D eigenvalue weighted by molar-refractivity contribution is -0.124. The third kappa shape index (κ3) is 3.50. The molecule has 0 bridgehead atoms. The summed E-state index contributed by atoms with van der Waals surface area (Å²) in [6, 6.07) is 16.9. The maximum atomic E-state index is 12.9. The second-order valence-corrected chi connectivity index (χ2v) is 6.02. The van der Waals surface area contributed by atoms with Gasteiger partial charge in [0.15, 0.2) is 0 Å². The fourth-order valence-corrected chi connectivity index (χ4v) is 3.19. The zero-order chi connectivity index (χ0) is 17.8. The minimum atomic E-state index is -0.334. The molecule has 1 atom stereocenters. The van der Waals surface area contributed by atoms with Crippen molar-refractivity contribution in [1.29, 1.82) is 0 Å². The highest BCUT2D eigenvalue weighted by Crippen LogP contribution is 2.29. The fourth-order valence-electron chi connectivity index (χ4n) is 3.19. The first-order valence-electron chi connectivity index (χ1n) is 8.45. The number of amides is 2. The summed E-state index contributed by atoms with van der Waals surface area (Å²) in [5.74, 6) is 0.321. The zero-order valence-electron chi connectivity index (χ0n) is 14.5. The summed E-state index contributed by atoms with van der Waals surface area (Å²) in [4.78, 5) is 28.8. The first-order chi connectivity index (χ1) is 12.1. The lowest BCUT2D eigenvalue weighted by atomic mass is 10.1. The Labute approximate surface area is 147 Å². The Morgan fingerprint density at radius 3 is 2.64 bits per heavy atom. The first kappa shape index (κ1) is 17.0. The molecule has 0 spiro atoms. The lowest BCUT2D eigenvalue weighted by Crippen LogP contribution is -2.37. The molecular formula is C20H22N2O3. The number of nitrogens with zero attached hydrogens (tertiary/aromatic N) is 2. The lowest BCUT2D eigenvalue weighted by Gasteiger charge is -2.24. The minimum Gasteiger partial charge on any atom is -0.497 e. The Bertz CT molecular complexity index is 761. The largest absolute Gasteiger partial charge is 0.497 e. The second-order valence-electron chi connectivity index (χ2n) is 6.02. The van der Waals surface area contributed by atoms with Gasteiger partial charge in [-0.15, -0.1) is 0 Å². The van der Waals surface area contributed by atoms with E-state index in [0.717, 1.165) is 11.4 Å². The van der Waals surface area contributed by atoms with Crippen molar-refractivity contribution in [2.24, 2.45) is 5.92 Å². The predicted molar refractivity (Wildman–Crippen MR) is 97.9 cm³/mol. The van der Waals surface area contributed by atoms with Crippen LogP contribution in [0.5, 0.6) is 5.75 Å². The van der Waals surface area contributed by atoms with Gasteiger partial charge in [-0.2, -0.15) is 0 Å². The van der Waals surface area contributed by atoms with Gasteiger partial charge in [-0.3, -0.25) is 9.59 Å². The maximum absolute atomic E-state index is 12.9. The maximum Gasteiger partial charge on any atom is 0.232 e. The molecule has 2 aromatic carbocycles. The van der Waals surface area contributed by atoms with Crippen molar-refractivity contribution in [3.05, 3.63) is 54.6 Å². The third-order valence-electron chi connectivity index (χ3n) is 4.49. The monoisotopic (exact) mass is 338 g/mol. The quantitative estimate of drug-likeness (QED) is 0.842. The minimum absolute atomic E-state index is 0.00699. The molecule has 1 unspecified atom stereocenters. The van der Waals surface area contributed by atoms with Gasteiger partial charge >= 0.3 is 0 Å². The van der Waals surface area contributed by atoms with Crippen molar-refractivity contribution < 1.29 is 14.3 Å². The number of hydrogen-bond donors (Lipinski definition) is 0. The molecule has 0 aromatic heterocycles. The molecule has 2 amide bonds. The van der Waals surface area contributed by atoms with E-state index < -0.39 is 0 Å².